The molecule has 0 amide bonds. The number of hydrogen-bond donors (Lipinski definition) is 1. The van der Waals surface area contributed by atoms with Gasteiger partial charge in [0.2, 0.25) is 5.95 Å². The lowest BCUT2D eigenvalue weighted by Gasteiger charge is -2.23. The van der Waals surface area contributed by atoms with Crippen molar-refractivity contribution >= 4 is 22.5 Å². The van der Waals surface area contributed by atoms with E-state index in [0.717, 1.165) is 24.1 Å². The van der Waals surface area contributed by atoms with Crippen molar-refractivity contribution in [3.05, 3.63) is 94.8 Å². The zero-order valence-corrected chi connectivity index (χ0v) is 15.0. The third-order valence-corrected chi connectivity index (χ3v) is 5.21. The summed E-state index contributed by atoms with van der Waals surface area (Å²) in [4.78, 5) is 22.2. The number of fused-ring (bicyclic) bond motifs is 1. The Labute approximate surface area is 160 Å². The van der Waals surface area contributed by atoms with Gasteiger partial charge in [0.1, 0.15) is 5.82 Å². The lowest BCUT2D eigenvalue weighted by atomic mass is 10.0. The second-order valence-corrected chi connectivity index (χ2v) is 7.00. The fourth-order valence-corrected chi connectivity index (χ4v) is 3.71. The van der Waals surface area contributed by atoms with Crippen molar-refractivity contribution in [2.45, 2.75) is 18.4 Å². The Morgan fingerprint density at radius 1 is 1.04 bits per heavy atom. The molecule has 0 bridgehead atoms. The summed E-state index contributed by atoms with van der Waals surface area (Å²) >= 11 is 0. The Balaban J connectivity index is 1.77. The molecule has 6 heteroatoms. The van der Waals surface area contributed by atoms with E-state index in [0.29, 0.717) is 11.5 Å². The van der Waals surface area contributed by atoms with E-state index >= 15 is 0 Å². The summed E-state index contributed by atoms with van der Waals surface area (Å²) in [7, 11) is 0. The van der Waals surface area contributed by atoms with E-state index in [1.807, 2.05) is 42.5 Å². The highest BCUT2D eigenvalue weighted by Crippen LogP contribution is 2.50. The fourth-order valence-electron chi connectivity index (χ4n) is 3.71. The van der Waals surface area contributed by atoms with Crippen molar-refractivity contribution in [2.24, 2.45) is 0 Å². The normalized spacial score (nSPS) is 14.8. The molecule has 2 heterocycles. The topological polar surface area (TPSA) is 59.8 Å². The van der Waals surface area contributed by atoms with Crippen molar-refractivity contribution in [3.63, 3.8) is 0 Å². The molecule has 0 radical (unpaired) electrons. The molecule has 2 aromatic carbocycles. The van der Waals surface area contributed by atoms with Crippen molar-refractivity contribution in [2.75, 3.05) is 5.32 Å². The predicted molar refractivity (Wildman–Crippen MR) is 106 cm³/mol. The molecule has 0 aliphatic heterocycles. The van der Waals surface area contributed by atoms with Gasteiger partial charge in [-0.25, -0.2) is 9.37 Å². The molecular formula is C22H17FN4O. The van der Waals surface area contributed by atoms with Gasteiger partial charge in [-0.05, 0) is 48.7 Å². The van der Waals surface area contributed by atoms with Crippen LogP contribution in [0.1, 0.15) is 18.4 Å². The first-order valence-corrected chi connectivity index (χ1v) is 9.13. The number of hydrogen-bond acceptors (Lipinski definition) is 4. The summed E-state index contributed by atoms with van der Waals surface area (Å²) in [6.07, 6.45) is 5.00. The van der Waals surface area contributed by atoms with E-state index in [4.69, 9.17) is 0 Å². The summed E-state index contributed by atoms with van der Waals surface area (Å²) in [6.45, 7) is 0. The van der Waals surface area contributed by atoms with Crippen molar-refractivity contribution < 1.29 is 4.39 Å². The summed E-state index contributed by atoms with van der Waals surface area (Å²) in [6, 6.07) is 17.7. The molecule has 4 aromatic rings. The van der Waals surface area contributed by atoms with E-state index in [1.54, 1.807) is 17.0 Å². The maximum Gasteiger partial charge on any atom is 0.263 e. The van der Waals surface area contributed by atoms with Gasteiger partial charge in [-0.15, -0.1) is 0 Å². The van der Waals surface area contributed by atoms with Crippen LogP contribution in [0.2, 0.25) is 0 Å². The molecule has 0 unspecified atom stereocenters. The summed E-state index contributed by atoms with van der Waals surface area (Å²) in [5.41, 5.74) is 1.50. The van der Waals surface area contributed by atoms with Crippen LogP contribution in [0.15, 0.2) is 77.9 Å². The quantitative estimate of drug-likeness (QED) is 0.583. The number of halogens is 1. The number of nitrogens with zero attached hydrogens (tertiary/aromatic N) is 3. The molecule has 1 aliphatic carbocycles. The van der Waals surface area contributed by atoms with Crippen LogP contribution in [-0.4, -0.2) is 14.5 Å². The van der Waals surface area contributed by atoms with E-state index in [2.05, 4.69) is 15.3 Å². The zero-order chi connectivity index (χ0) is 19.1. The molecule has 28 heavy (non-hydrogen) atoms. The zero-order valence-electron chi connectivity index (χ0n) is 15.0. The molecule has 0 saturated heterocycles. The highest BCUT2D eigenvalue weighted by Gasteiger charge is 2.48. The number of benzene rings is 2. The molecule has 1 aliphatic rings. The van der Waals surface area contributed by atoms with E-state index in [1.165, 1.54) is 18.2 Å². The molecular weight excluding hydrogens is 355 g/mol. The summed E-state index contributed by atoms with van der Waals surface area (Å²) in [5.74, 6) is -0.0195. The van der Waals surface area contributed by atoms with Gasteiger partial charge >= 0.3 is 0 Å². The third-order valence-electron chi connectivity index (χ3n) is 5.21. The Kier molecular flexibility index (Phi) is 3.72. The van der Waals surface area contributed by atoms with Crippen LogP contribution >= 0.6 is 0 Å². The minimum absolute atomic E-state index is 0.253. The Hall–Kier alpha value is -3.54. The lowest BCUT2D eigenvalue weighted by Crippen LogP contribution is -2.34. The largest absolute Gasteiger partial charge is 0.324 e. The van der Waals surface area contributed by atoms with Crippen LogP contribution in [0, 0.1) is 5.82 Å². The Morgan fingerprint density at radius 3 is 2.57 bits per heavy atom. The molecule has 5 nitrogen and oxygen atoms in total. The van der Waals surface area contributed by atoms with Gasteiger partial charge in [-0.3, -0.25) is 14.3 Å². The standard InChI is InChI=1S/C22H17FN4O/c23-16-8-9-19-18(13-16)20(28)27(21(26-19)25-17-7-4-12-24-14-17)22(10-11-22)15-5-2-1-3-6-15/h1-9,12-14H,10-11H2,(H,25,26). The minimum Gasteiger partial charge on any atom is -0.324 e. The first-order chi connectivity index (χ1) is 13.7. The smallest absolute Gasteiger partial charge is 0.263 e. The summed E-state index contributed by atoms with van der Waals surface area (Å²) < 4.78 is 15.5. The monoisotopic (exact) mass is 372 g/mol. The minimum atomic E-state index is -0.476. The second-order valence-electron chi connectivity index (χ2n) is 7.00. The molecule has 5 rings (SSSR count). The predicted octanol–water partition coefficient (Wildman–Crippen LogP) is 4.21. The third kappa shape index (κ3) is 2.65. The van der Waals surface area contributed by atoms with Gasteiger partial charge in [0.05, 0.1) is 28.3 Å². The molecule has 0 spiro atoms. The highest BCUT2D eigenvalue weighted by molar-refractivity contribution is 5.79. The van der Waals surface area contributed by atoms with E-state index < -0.39 is 11.4 Å². The number of pyridine rings is 1. The first kappa shape index (κ1) is 16.6. The fraction of sp³-hybridized carbons (Fsp3) is 0.136. The molecule has 138 valence electrons. The Bertz CT molecular complexity index is 1220. The summed E-state index contributed by atoms with van der Waals surface area (Å²) in [5, 5.41) is 3.51. The maximum atomic E-state index is 13.8. The first-order valence-electron chi connectivity index (χ1n) is 9.13. The molecule has 1 N–H and O–H groups in total. The van der Waals surface area contributed by atoms with Crippen LogP contribution in [0.5, 0.6) is 0 Å². The van der Waals surface area contributed by atoms with Crippen LogP contribution < -0.4 is 10.9 Å². The lowest BCUT2D eigenvalue weighted by molar-refractivity contribution is 0.556. The molecule has 2 aromatic heterocycles. The SMILES string of the molecule is O=c1c2cc(F)ccc2nc(Nc2cccnc2)n1C1(c2ccccc2)CC1. The molecule has 0 atom stereocenters. The maximum absolute atomic E-state index is 13.8. The van der Waals surface area contributed by atoms with Gasteiger partial charge in [0.15, 0.2) is 0 Å². The number of aromatic nitrogens is 3. The van der Waals surface area contributed by atoms with Gasteiger partial charge < -0.3 is 5.32 Å². The number of rotatable bonds is 4. The molecule has 1 fully saturated rings. The van der Waals surface area contributed by atoms with Crippen LogP contribution in [0.4, 0.5) is 16.0 Å². The van der Waals surface area contributed by atoms with Crippen molar-refractivity contribution in [1.82, 2.24) is 14.5 Å². The van der Waals surface area contributed by atoms with Gasteiger partial charge in [0, 0.05) is 6.20 Å². The number of anilines is 2. The van der Waals surface area contributed by atoms with Gasteiger partial charge in [0.25, 0.3) is 5.56 Å². The second kappa shape index (κ2) is 6.27. The van der Waals surface area contributed by atoms with E-state index in [9.17, 15) is 9.18 Å². The number of nitrogens with one attached hydrogen (secondary N) is 1. The van der Waals surface area contributed by atoms with Crippen LogP contribution in [0.25, 0.3) is 10.9 Å². The highest BCUT2D eigenvalue weighted by atomic mass is 19.1. The van der Waals surface area contributed by atoms with Gasteiger partial charge in [-0.2, -0.15) is 0 Å². The van der Waals surface area contributed by atoms with E-state index in [-0.39, 0.29) is 10.9 Å². The van der Waals surface area contributed by atoms with Crippen molar-refractivity contribution in [1.29, 1.82) is 0 Å². The average Bonchev–Trinajstić information content (AvgIpc) is 3.52. The molecule has 1 saturated carbocycles. The van der Waals surface area contributed by atoms with Gasteiger partial charge in [-0.1, -0.05) is 30.3 Å². The van der Waals surface area contributed by atoms with Crippen LogP contribution in [-0.2, 0) is 5.54 Å². The van der Waals surface area contributed by atoms with Crippen LogP contribution in [0.3, 0.4) is 0 Å². The Morgan fingerprint density at radius 2 is 1.86 bits per heavy atom. The van der Waals surface area contributed by atoms with Crippen molar-refractivity contribution in [3.8, 4) is 0 Å². The average molecular weight is 372 g/mol.